The van der Waals surface area contributed by atoms with Gasteiger partial charge in [-0.15, -0.1) is 0 Å². The predicted octanol–water partition coefficient (Wildman–Crippen LogP) is 0.996. The van der Waals surface area contributed by atoms with Crippen molar-refractivity contribution in [2.75, 3.05) is 6.50 Å². The minimum absolute atomic E-state index is 0.589. The van der Waals surface area contributed by atoms with Crippen LogP contribution in [-0.2, 0) is 9.59 Å². The van der Waals surface area contributed by atoms with Crippen molar-refractivity contribution in [2.24, 2.45) is 4.99 Å². The molecular formula is C15H11N3O4. The highest BCUT2D eigenvalue weighted by Crippen LogP contribution is 2.20. The van der Waals surface area contributed by atoms with Crippen molar-refractivity contribution in [1.82, 2.24) is 5.31 Å². The van der Waals surface area contributed by atoms with Crippen molar-refractivity contribution in [3.8, 4) is 6.07 Å². The van der Waals surface area contributed by atoms with Crippen LogP contribution in [0.2, 0.25) is 1.41 Å². The van der Waals surface area contributed by atoms with Crippen LogP contribution in [-0.4, -0.2) is 34.7 Å². The lowest BCUT2D eigenvalue weighted by molar-refractivity contribution is -0.136. The molecule has 3 N–H and O–H groups in total. The smallest absolute Gasteiger partial charge is 0.322 e. The summed E-state index contributed by atoms with van der Waals surface area (Å²) in [5, 5.41) is 27.3. The van der Waals surface area contributed by atoms with Gasteiger partial charge < -0.3 is 15.5 Å². The summed E-state index contributed by atoms with van der Waals surface area (Å²) in [6.07, 6.45) is -1.02. The van der Waals surface area contributed by atoms with Crippen LogP contribution in [0.15, 0.2) is 46.8 Å². The number of ketones is 1. The van der Waals surface area contributed by atoms with Gasteiger partial charge in [-0.05, 0) is 23.7 Å². The Morgan fingerprint density at radius 3 is 3.00 bits per heavy atom. The molecule has 1 aliphatic rings. The molecule has 0 bridgehead atoms. The first kappa shape index (κ1) is 7.04. The first-order valence-corrected chi connectivity index (χ1v) is 5.47. The molecule has 110 valence electrons. The number of aliphatic hydroxyl groups excluding tert-OH is 1. The van der Waals surface area contributed by atoms with Gasteiger partial charge in [0.15, 0.2) is 7.11 Å². The maximum Gasteiger partial charge on any atom is 0.322 e. The highest BCUT2D eigenvalue weighted by atomic mass is 16.4. The van der Waals surface area contributed by atoms with Crippen molar-refractivity contribution >= 4 is 23.5 Å². The number of carbonyl (C=O) groups excluding carboxylic acids is 1. The van der Waals surface area contributed by atoms with E-state index >= 15 is 0 Å². The van der Waals surface area contributed by atoms with Crippen molar-refractivity contribution in [1.29, 1.82) is 5.26 Å². The predicted molar refractivity (Wildman–Crippen MR) is 77.9 cm³/mol. The molecule has 1 aromatic carbocycles. The van der Waals surface area contributed by atoms with E-state index in [-0.39, 0.29) is 0 Å². The highest BCUT2D eigenvalue weighted by molar-refractivity contribution is 6.24. The largest absolute Gasteiger partial charge is 0.493 e. The molecule has 0 fully saturated rings. The first-order chi connectivity index (χ1) is 14.2. The standard InChI is InChI=1S/C15H11N3O4/c16-6-9-2-1-3-10(4-9)11-5-12(19)14(17-7-11)15(22)18-8-13(20)21/h1-5,7,18,22H,8H2,(H,20,21)/i1D,2D,3D,4D,5D,7D,8D2/hD. The van der Waals surface area contributed by atoms with E-state index in [1.807, 2.05) is 0 Å². The van der Waals surface area contributed by atoms with Crippen molar-refractivity contribution in [3.05, 3.63) is 52.9 Å². The van der Waals surface area contributed by atoms with E-state index in [1.165, 1.54) is 6.07 Å². The normalized spacial score (nSPS) is 23.1. The van der Waals surface area contributed by atoms with Gasteiger partial charge in [-0.25, -0.2) is 4.99 Å². The maximum atomic E-state index is 12.5. The second-order valence-corrected chi connectivity index (χ2v) is 3.62. The number of carbonyl (C=O) groups is 2. The Bertz CT molecular complexity index is 1170. The topological polar surface area (TPSA) is 123 Å². The molecule has 0 atom stereocenters. The molecule has 7 heteroatoms. The molecule has 1 aromatic rings. The minimum Gasteiger partial charge on any atom is -0.493 e. The number of nitrogens with zero attached hydrogens (tertiary/aromatic N) is 2. The van der Waals surface area contributed by atoms with Gasteiger partial charge in [0.2, 0.25) is 11.7 Å². The summed E-state index contributed by atoms with van der Waals surface area (Å²) >= 11 is 0. The van der Waals surface area contributed by atoms with Gasteiger partial charge in [0, 0.05) is 11.8 Å². The van der Waals surface area contributed by atoms with Gasteiger partial charge in [-0.1, -0.05) is 12.1 Å². The third-order valence-electron chi connectivity index (χ3n) is 2.19. The number of allylic oxidation sites excluding steroid dienone is 2. The Kier molecular flexibility index (Phi) is 2.04. The fourth-order valence-corrected chi connectivity index (χ4v) is 1.31. The van der Waals surface area contributed by atoms with Crippen molar-refractivity contribution < 1.29 is 32.2 Å². The van der Waals surface area contributed by atoms with E-state index in [0.717, 1.165) is 0 Å². The Hall–Kier alpha value is -3.40. The molecule has 0 aliphatic carbocycles. The molecule has 7 nitrogen and oxygen atoms in total. The molecule has 0 radical (unpaired) electrons. The van der Waals surface area contributed by atoms with E-state index in [1.54, 1.807) is 0 Å². The minimum atomic E-state index is -3.50. The Morgan fingerprint density at radius 2 is 2.32 bits per heavy atom. The van der Waals surface area contributed by atoms with E-state index in [0.29, 0.717) is 0 Å². The number of aliphatic carboxylic acids is 1. The lowest BCUT2D eigenvalue weighted by Gasteiger charge is -2.10. The average Bonchev–Trinajstić information content (AvgIpc) is 2.70. The summed E-state index contributed by atoms with van der Waals surface area (Å²) in [5.74, 6) is -5.29. The first-order valence-electron chi connectivity index (χ1n) is 9.92. The van der Waals surface area contributed by atoms with Crippen molar-refractivity contribution in [2.45, 2.75) is 0 Å². The number of carboxylic acid groups (broad SMARTS) is 1. The zero-order chi connectivity index (χ0) is 24.0. The van der Waals surface area contributed by atoms with Gasteiger partial charge >= 0.3 is 5.97 Å². The third-order valence-corrected chi connectivity index (χ3v) is 2.19. The quantitative estimate of drug-likeness (QED) is 0.563. The molecule has 0 unspecified atom stereocenters. The van der Waals surface area contributed by atoms with Crippen LogP contribution >= 0.6 is 0 Å². The van der Waals surface area contributed by atoms with Crippen LogP contribution in [0.4, 0.5) is 0 Å². The van der Waals surface area contributed by atoms with E-state index in [9.17, 15) is 14.7 Å². The molecule has 0 amide bonds. The Morgan fingerprint density at radius 1 is 1.55 bits per heavy atom. The number of hydrogen-bond acceptors (Lipinski definition) is 6. The molecule has 0 saturated carbocycles. The van der Waals surface area contributed by atoms with Crippen LogP contribution < -0.4 is 5.31 Å². The summed E-state index contributed by atoms with van der Waals surface area (Å²) in [4.78, 5) is 26.8. The van der Waals surface area contributed by atoms with E-state index < -0.39 is 88.3 Å². The molecule has 2 rings (SSSR count). The SMILES string of the molecule is [2H]C1=NC(=C(O)N([2H])C([2H])([2H])C(=O)O)C(=O)C([2H])=C1c1c([2H])c([2H])c([2H])c(C#N)c1[2H]. The van der Waals surface area contributed by atoms with E-state index in [4.69, 9.17) is 22.7 Å². The summed E-state index contributed by atoms with van der Waals surface area (Å²) < 4.78 is 69.2. The second kappa shape index (κ2) is 6.37. The number of aliphatic hydroxyl groups is 1. The van der Waals surface area contributed by atoms with Crippen LogP contribution in [0.3, 0.4) is 0 Å². The Balaban J connectivity index is 2.78. The summed E-state index contributed by atoms with van der Waals surface area (Å²) in [6, 6.07) is -2.83. The second-order valence-electron chi connectivity index (χ2n) is 3.62. The van der Waals surface area contributed by atoms with Crippen LogP contribution in [0.25, 0.3) is 5.57 Å². The fraction of sp³-hybridized carbons (Fsp3) is 0.0667. The monoisotopic (exact) mass is 306 g/mol. The van der Waals surface area contributed by atoms with E-state index in [2.05, 4.69) is 4.99 Å². The maximum absolute atomic E-state index is 12.5. The zero-order valence-electron chi connectivity index (χ0n) is 19.6. The van der Waals surface area contributed by atoms with Gasteiger partial charge in [-0.3, -0.25) is 9.59 Å². The van der Waals surface area contributed by atoms with Crippen LogP contribution in [0.1, 0.15) is 22.1 Å². The molecular weight excluding hydrogens is 286 g/mol. The Labute approximate surface area is 138 Å². The van der Waals surface area contributed by atoms with Gasteiger partial charge in [0.1, 0.15) is 6.50 Å². The molecule has 0 aromatic heterocycles. The molecule has 1 heterocycles. The molecule has 0 spiro atoms. The summed E-state index contributed by atoms with van der Waals surface area (Å²) in [7, 11) is 0. The number of dihydropyridines is 1. The molecule has 0 saturated heterocycles. The molecule has 22 heavy (non-hydrogen) atoms. The average molecular weight is 306 g/mol. The molecule has 1 aliphatic heterocycles. The number of aliphatic imine (C=N–C) groups is 1. The zero-order valence-corrected chi connectivity index (χ0v) is 10.6. The van der Waals surface area contributed by atoms with Crippen LogP contribution in [0.5, 0.6) is 0 Å². The van der Waals surface area contributed by atoms with Crippen molar-refractivity contribution in [3.63, 3.8) is 0 Å². The van der Waals surface area contributed by atoms with Gasteiger partial charge in [0.05, 0.1) is 22.6 Å². The van der Waals surface area contributed by atoms with Gasteiger partial charge in [-0.2, -0.15) is 5.26 Å². The summed E-state index contributed by atoms with van der Waals surface area (Å²) in [6.45, 7) is -3.50. The van der Waals surface area contributed by atoms with Crippen LogP contribution in [0, 0.1) is 11.3 Å². The number of nitriles is 1. The van der Waals surface area contributed by atoms with Gasteiger partial charge in [0.25, 0.3) is 0 Å². The number of carboxylic acids is 1. The number of nitrogens with one attached hydrogen (secondary N) is 1. The third kappa shape index (κ3) is 3.37. The fourth-order valence-electron chi connectivity index (χ4n) is 1.31. The number of rotatable bonds is 4. The highest BCUT2D eigenvalue weighted by Gasteiger charge is 2.18. The number of hydrogen-bond donors (Lipinski definition) is 3. The number of benzene rings is 1. The lowest BCUT2D eigenvalue weighted by atomic mass is 10.0. The lowest BCUT2D eigenvalue weighted by Crippen LogP contribution is -2.24. The summed E-state index contributed by atoms with van der Waals surface area (Å²) in [5.41, 5.74) is -3.29.